The topological polar surface area (TPSA) is 104 Å². The highest BCUT2D eigenvalue weighted by atomic mass is 35.5. The van der Waals surface area contributed by atoms with Crippen LogP contribution in [0.2, 0.25) is 5.02 Å². The Kier molecular flexibility index (Phi) is 11.4. The van der Waals surface area contributed by atoms with Crippen LogP contribution in [0, 0.1) is 5.82 Å². The molecule has 14 heteroatoms. The number of phenols is 1. The third-order valence-electron chi connectivity index (χ3n) is 13.1. The van der Waals surface area contributed by atoms with Gasteiger partial charge in [-0.15, -0.1) is 0 Å². The summed E-state index contributed by atoms with van der Waals surface area (Å²) in [6.07, 6.45) is 4.57. The number of nitrogens with one attached hydrogen (secondary N) is 1. The predicted octanol–water partition coefficient (Wildman–Crippen LogP) is 10.6. The maximum atomic E-state index is 17.8. The van der Waals surface area contributed by atoms with E-state index in [0.29, 0.717) is 59.5 Å². The SMILES string of the molecule is COc1ccc(CN(Cc2ccc(OC)cc2)c2ncccc2C(C)N2C=C(OC[C@@]34CCCN3C[C@H](F)C4)Oc3c(F)c(-c4cc(O)cc5ccccc45)c(Cl)c4c3C2=NCN4)cc1. The molecule has 0 saturated carbocycles. The first kappa shape index (κ1) is 42.4. The fourth-order valence-corrected chi connectivity index (χ4v) is 10.3. The van der Waals surface area contributed by atoms with Gasteiger partial charge in [0.15, 0.2) is 11.6 Å². The van der Waals surface area contributed by atoms with E-state index in [1.165, 1.54) is 6.07 Å². The number of benzene rings is 5. The van der Waals surface area contributed by atoms with Gasteiger partial charge in [-0.2, -0.15) is 0 Å². The van der Waals surface area contributed by atoms with Crippen molar-refractivity contribution in [3.05, 3.63) is 148 Å². The Labute approximate surface area is 381 Å². The maximum Gasteiger partial charge on any atom is 0.302 e. The van der Waals surface area contributed by atoms with E-state index in [9.17, 15) is 5.11 Å². The minimum absolute atomic E-state index is 0.0198. The molecule has 10 rings (SSSR count). The van der Waals surface area contributed by atoms with Crippen LogP contribution in [0.5, 0.6) is 23.0 Å². The lowest BCUT2D eigenvalue weighted by Gasteiger charge is -2.34. The Morgan fingerprint density at radius 2 is 1.69 bits per heavy atom. The molecular weight excluding hydrogens is 850 g/mol. The van der Waals surface area contributed by atoms with Crippen LogP contribution in [0.3, 0.4) is 0 Å². The maximum absolute atomic E-state index is 17.8. The molecule has 0 bridgehead atoms. The monoisotopic (exact) mass is 898 g/mol. The van der Waals surface area contributed by atoms with Crippen LogP contribution in [-0.2, 0) is 17.8 Å². The van der Waals surface area contributed by atoms with Gasteiger partial charge in [0, 0.05) is 43.4 Å². The number of amidine groups is 1. The quantitative estimate of drug-likeness (QED) is 0.116. The van der Waals surface area contributed by atoms with Gasteiger partial charge < -0.3 is 39.2 Å². The van der Waals surface area contributed by atoms with Crippen molar-refractivity contribution in [3.8, 4) is 34.1 Å². The molecule has 6 aromatic rings. The van der Waals surface area contributed by atoms with E-state index < -0.39 is 23.6 Å². The first-order chi connectivity index (χ1) is 31.6. The minimum atomic E-state index is -0.969. The van der Waals surface area contributed by atoms with Gasteiger partial charge >= 0.3 is 5.95 Å². The summed E-state index contributed by atoms with van der Waals surface area (Å²) >= 11 is 7.32. The number of hydrogen-bond donors (Lipinski definition) is 2. The van der Waals surface area contributed by atoms with Crippen molar-refractivity contribution in [3.63, 3.8) is 0 Å². The number of ether oxygens (including phenoxy) is 4. The van der Waals surface area contributed by atoms with Crippen LogP contribution in [0.15, 0.2) is 120 Å². The third kappa shape index (κ3) is 7.90. The van der Waals surface area contributed by atoms with E-state index >= 15 is 8.78 Å². The van der Waals surface area contributed by atoms with Crippen LogP contribution < -0.4 is 24.4 Å². The van der Waals surface area contributed by atoms with Crippen molar-refractivity contribution in [2.75, 3.05) is 50.8 Å². The summed E-state index contributed by atoms with van der Waals surface area (Å²) in [5.41, 5.74) is 3.62. The van der Waals surface area contributed by atoms with Crippen molar-refractivity contribution in [1.82, 2.24) is 14.8 Å². The molecule has 0 radical (unpaired) electrons. The van der Waals surface area contributed by atoms with E-state index in [4.69, 9.17) is 40.5 Å². The van der Waals surface area contributed by atoms with Crippen molar-refractivity contribution in [2.24, 2.45) is 4.99 Å². The van der Waals surface area contributed by atoms with Gasteiger partial charge in [0.2, 0.25) is 0 Å². The van der Waals surface area contributed by atoms with Crippen LogP contribution >= 0.6 is 11.6 Å². The first-order valence-corrected chi connectivity index (χ1v) is 22.2. The zero-order valence-electron chi connectivity index (χ0n) is 36.4. The average molecular weight is 899 g/mol. The molecule has 3 atom stereocenters. The Hall–Kier alpha value is -6.57. The predicted molar refractivity (Wildman–Crippen MR) is 249 cm³/mol. The number of phenolic OH excluding ortho intramolecular Hbond substituents is 1. The fraction of sp³-hybridized carbons (Fsp3) is 0.294. The summed E-state index contributed by atoms with van der Waals surface area (Å²) < 4.78 is 57.0. The molecule has 1 aromatic heterocycles. The normalized spacial score (nSPS) is 19.3. The van der Waals surface area contributed by atoms with Crippen molar-refractivity contribution >= 4 is 39.7 Å². The van der Waals surface area contributed by atoms with E-state index in [-0.39, 0.29) is 41.3 Å². The summed E-state index contributed by atoms with van der Waals surface area (Å²) in [6, 6.07) is 29.9. The Morgan fingerprint density at radius 1 is 0.969 bits per heavy atom. The summed E-state index contributed by atoms with van der Waals surface area (Å²) in [5, 5.41) is 15.7. The molecule has 65 heavy (non-hydrogen) atoms. The summed E-state index contributed by atoms with van der Waals surface area (Å²) in [5.74, 6) is 1.74. The average Bonchev–Trinajstić information content (AvgIpc) is 3.80. The van der Waals surface area contributed by atoms with Crippen molar-refractivity contribution in [1.29, 1.82) is 0 Å². The smallest absolute Gasteiger partial charge is 0.302 e. The van der Waals surface area contributed by atoms with Gasteiger partial charge in [0.05, 0.1) is 48.3 Å². The van der Waals surface area contributed by atoms with Gasteiger partial charge in [-0.25, -0.2) is 18.8 Å². The Balaban J connectivity index is 1.10. The highest BCUT2D eigenvalue weighted by molar-refractivity contribution is 6.38. The molecule has 1 unspecified atom stereocenters. The van der Waals surface area contributed by atoms with Gasteiger partial charge in [0.25, 0.3) is 0 Å². The zero-order chi connectivity index (χ0) is 44.8. The number of aliphatic imine (C=N–C) groups is 1. The molecule has 0 spiro atoms. The molecule has 2 N–H and O–H groups in total. The number of anilines is 2. The Bertz CT molecular complexity index is 2780. The second kappa shape index (κ2) is 17.4. The minimum Gasteiger partial charge on any atom is -0.508 e. The van der Waals surface area contributed by atoms with E-state index in [1.54, 1.807) is 32.7 Å². The molecule has 334 valence electrons. The number of nitrogens with zero attached hydrogens (tertiary/aromatic N) is 5. The van der Waals surface area contributed by atoms with Gasteiger partial charge in [-0.3, -0.25) is 4.90 Å². The number of rotatable bonds is 13. The first-order valence-electron chi connectivity index (χ1n) is 21.8. The molecule has 0 amide bonds. The lowest BCUT2D eigenvalue weighted by atomic mass is 9.94. The third-order valence-corrected chi connectivity index (χ3v) is 13.5. The summed E-state index contributed by atoms with van der Waals surface area (Å²) in [7, 11) is 3.29. The van der Waals surface area contributed by atoms with Gasteiger partial charge in [0.1, 0.15) is 48.3 Å². The van der Waals surface area contributed by atoms with E-state index in [1.807, 2.05) is 96.8 Å². The molecule has 4 aliphatic rings. The highest BCUT2D eigenvalue weighted by Gasteiger charge is 2.50. The fourth-order valence-electron chi connectivity index (χ4n) is 9.94. The van der Waals surface area contributed by atoms with Crippen LogP contribution in [0.4, 0.5) is 20.3 Å². The largest absolute Gasteiger partial charge is 0.508 e. The van der Waals surface area contributed by atoms with Crippen LogP contribution in [-0.4, -0.2) is 78.0 Å². The van der Waals surface area contributed by atoms with Crippen molar-refractivity contribution < 1.29 is 32.8 Å². The summed E-state index contributed by atoms with van der Waals surface area (Å²) in [4.78, 5) is 16.3. The number of fused-ring (bicyclic) bond motifs is 2. The number of aromatic hydroxyl groups is 1. The van der Waals surface area contributed by atoms with Gasteiger partial charge in [-0.1, -0.05) is 66.2 Å². The van der Waals surface area contributed by atoms with E-state index in [2.05, 4.69) is 15.1 Å². The van der Waals surface area contributed by atoms with Crippen LogP contribution in [0.1, 0.15) is 54.5 Å². The molecule has 2 saturated heterocycles. The standard InChI is InChI=1S/C51H49ClF2N6O5/c1-31(39-10-6-20-55-49(39)58(25-32-11-15-37(62-2)16-12-32)26-33-13-17-38(63-3)18-14-33)60-28-42(64-29-51-19-7-21-59(51)27-35(53)24-51)65-48-44-47(56-30-57-50(44)60)45(52)43(46(48)54)41-23-36(61)22-34-8-4-5-9-40(34)41/h4-6,8-18,20,22-23,28,31,35,56,61H,7,19,21,24-27,29-30H2,1-3H3/t31?,35-,51+/m1/s1. The second-order valence-corrected chi connectivity index (χ2v) is 17.5. The summed E-state index contributed by atoms with van der Waals surface area (Å²) in [6.45, 7) is 4.46. The van der Waals surface area contributed by atoms with Crippen molar-refractivity contribution in [2.45, 2.75) is 57.0 Å². The molecule has 0 aliphatic carbocycles. The number of alkyl halides is 1. The molecular formula is C51H49ClF2N6O5. The van der Waals surface area contributed by atoms with Crippen LogP contribution in [0.25, 0.3) is 21.9 Å². The second-order valence-electron chi connectivity index (χ2n) is 17.1. The molecule has 11 nitrogen and oxygen atoms in total. The highest BCUT2D eigenvalue weighted by Crippen LogP contribution is 2.51. The number of halogens is 3. The molecule has 5 heterocycles. The lowest BCUT2D eigenvalue weighted by molar-refractivity contribution is 0.0257. The van der Waals surface area contributed by atoms with Gasteiger partial charge in [-0.05, 0) is 96.2 Å². The van der Waals surface area contributed by atoms with E-state index in [0.717, 1.165) is 53.4 Å². The number of hydrogen-bond acceptors (Lipinski definition) is 11. The Morgan fingerprint density at radius 3 is 2.42 bits per heavy atom. The zero-order valence-corrected chi connectivity index (χ0v) is 37.1. The number of aromatic nitrogens is 1. The lowest BCUT2D eigenvalue weighted by Crippen LogP contribution is -2.42. The molecule has 4 aliphatic heterocycles. The number of methoxy groups -OCH3 is 2. The molecule has 5 aromatic carbocycles. The molecule has 2 fully saturated rings. The number of pyridine rings is 1.